The van der Waals surface area contributed by atoms with Crippen LogP contribution in [-0.2, 0) is 6.54 Å². The Balaban J connectivity index is 1.53. The lowest BCUT2D eigenvalue weighted by molar-refractivity contribution is 0.0592. The topological polar surface area (TPSA) is 135 Å². The number of amides is 3. The average Bonchev–Trinajstić information content (AvgIpc) is 3.38. The van der Waals surface area contributed by atoms with E-state index in [1.807, 2.05) is 12.1 Å². The molecule has 1 aliphatic rings. The Labute approximate surface area is 260 Å². The SMILES string of the molecule is COc1ccc(-c2ccnc(C(N)=O)c2)cc1CN(C(=O)c1sc2c(F)ccc(F)c2c1Cl)C1CCC(CNC(=O)O)CC1. The second-order valence-electron chi connectivity index (χ2n) is 10.6. The lowest BCUT2D eigenvalue weighted by Crippen LogP contribution is -2.43. The Kier molecular flexibility index (Phi) is 9.31. The van der Waals surface area contributed by atoms with Crippen LogP contribution in [0.25, 0.3) is 21.2 Å². The Bertz CT molecular complexity index is 1740. The number of carbonyl (C=O) groups is 3. The summed E-state index contributed by atoms with van der Waals surface area (Å²) >= 11 is 7.34. The number of nitrogens with one attached hydrogen (secondary N) is 1. The van der Waals surface area contributed by atoms with Gasteiger partial charge in [0.1, 0.15) is 28.0 Å². The molecule has 0 radical (unpaired) electrons. The molecule has 9 nitrogen and oxygen atoms in total. The van der Waals surface area contributed by atoms with Crippen LogP contribution in [0.5, 0.6) is 5.75 Å². The molecular weight excluding hydrogens is 614 g/mol. The molecular formula is C31H29ClF2N4O5S. The van der Waals surface area contributed by atoms with Crippen LogP contribution in [0.15, 0.2) is 48.7 Å². The molecule has 0 bridgehead atoms. The molecule has 4 N–H and O–H groups in total. The lowest BCUT2D eigenvalue weighted by Gasteiger charge is -2.37. The van der Waals surface area contributed by atoms with E-state index in [1.54, 1.807) is 23.1 Å². The zero-order valence-electron chi connectivity index (χ0n) is 23.6. The minimum atomic E-state index is -1.09. The standard InChI is InChI=1S/C31H29ClF2N4O5S/c1-43-24-9-4-17(18-10-11-36-23(13-18)29(35)39)12-19(24)15-38(20-5-2-16(3-6-20)14-37-31(41)42)30(40)28-26(32)25-21(33)7-8-22(34)27(25)44-28/h4,7-13,16,20,37H,2-3,5-6,14-15H2,1H3,(H2,35,39)(H,41,42). The summed E-state index contributed by atoms with van der Waals surface area (Å²) in [5.41, 5.74) is 7.58. The number of rotatable bonds is 9. The summed E-state index contributed by atoms with van der Waals surface area (Å²) in [6, 6.07) is 10.4. The van der Waals surface area contributed by atoms with Gasteiger partial charge < -0.3 is 25.8 Å². The van der Waals surface area contributed by atoms with Gasteiger partial charge in [-0.3, -0.25) is 14.6 Å². The zero-order valence-corrected chi connectivity index (χ0v) is 25.2. The first-order valence-electron chi connectivity index (χ1n) is 13.8. The van der Waals surface area contributed by atoms with Crippen LogP contribution in [0.2, 0.25) is 5.02 Å². The van der Waals surface area contributed by atoms with E-state index < -0.39 is 29.5 Å². The number of carbonyl (C=O) groups excluding carboxylic acids is 2. The molecule has 1 aliphatic carbocycles. The van der Waals surface area contributed by atoms with E-state index in [-0.39, 0.29) is 44.2 Å². The number of fused-ring (bicyclic) bond motifs is 1. The van der Waals surface area contributed by atoms with E-state index in [2.05, 4.69) is 10.3 Å². The van der Waals surface area contributed by atoms with Gasteiger partial charge in [0.05, 0.1) is 22.2 Å². The van der Waals surface area contributed by atoms with Gasteiger partial charge in [-0.2, -0.15) is 0 Å². The number of aromatic nitrogens is 1. The number of thiophene rings is 1. The first-order chi connectivity index (χ1) is 21.1. The van der Waals surface area contributed by atoms with Gasteiger partial charge in [0, 0.05) is 30.9 Å². The number of hydrogen-bond acceptors (Lipinski definition) is 6. The molecule has 44 heavy (non-hydrogen) atoms. The third-order valence-corrected chi connectivity index (χ3v) is 9.58. The quantitative estimate of drug-likeness (QED) is 0.192. The summed E-state index contributed by atoms with van der Waals surface area (Å²) in [4.78, 5) is 42.6. The van der Waals surface area contributed by atoms with E-state index in [9.17, 15) is 23.2 Å². The van der Waals surface area contributed by atoms with E-state index >= 15 is 0 Å². The molecule has 0 unspecified atom stereocenters. The monoisotopic (exact) mass is 642 g/mol. The molecule has 0 aliphatic heterocycles. The van der Waals surface area contributed by atoms with Crippen molar-refractivity contribution < 1.29 is 33.0 Å². The summed E-state index contributed by atoms with van der Waals surface area (Å²) in [6.45, 7) is 0.396. The van der Waals surface area contributed by atoms with Crippen molar-refractivity contribution in [3.63, 3.8) is 0 Å². The van der Waals surface area contributed by atoms with E-state index in [0.29, 0.717) is 49.1 Å². The van der Waals surface area contributed by atoms with Gasteiger partial charge in [-0.05, 0) is 79.1 Å². The fraction of sp³-hybridized carbons (Fsp3) is 0.290. The molecule has 0 saturated heterocycles. The number of hydrogen-bond donors (Lipinski definition) is 3. The Morgan fingerprint density at radius 3 is 2.45 bits per heavy atom. The van der Waals surface area contributed by atoms with Crippen molar-refractivity contribution in [3.8, 4) is 16.9 Å². The molecule has 13 heteroatoms. The van der Waals surface area contributed by atoms with Gasteiger partial charge in [0.25, 0.3) is 11.8 Å². The number of ether oxygens (including phenoxy) is 1. The highest BCUT2D eigenvalue weighted by Gasteiger charge is 2.33. The maximum Gasteiger partial charge on any atom is 0.404 e. The van der Waals surface area contributed by atoms with Crippen molar-refractivity contribution in [2.75, 3.05) is 13.7 Å². The highest BCUT2D eigenvalue weighted by molar-refractivity contribution is 7.21. The normalized spacial score (nSPS) is 16.5. The highest BCUT2D eigenvalue weighted by atomic mass is 35.5. The highest BCUT2D eigenvalue weighted by Crippen LogP contribution is 2.41. The van der Waals surface area contributed by atoms with Crippen LogP contribution in [0.3, 0.4) is 0 Å². The minimum absolute atomic E-state index is 0.0238. The Morgan fingerprint density at radius 2 is 1.80 bits per heavy atom. The van der Waals surface area contributed by atoms with Gasteiger partial charge in [0.2, 0.25) is 0 Å². The average molecular weight is 643 g/mol. The molecule has 1 fully saturated rings. The number of nitrogens with two attached hydrogens (primary N) is 1. The fourth-order valence-electron chi connectivity index (χ4n) is 5.63. The van der Waals surface area contributed by atoms with Crippen LogP contribution >= 0.6 is 22.9 Å². The predicted molar refractivity (Wildman–Crippen MR) is 163 cm³/mol. The molecule has 0 spiro atoms. The van der Waals surface area contributed by atoms with Crippen molar-refractivity contribution in [2.24, 2.45) is 11.7 Å². The van der Waals surface area contributed by atoms with Crippen molar-refractivity contribution in [1.82, 2.24) is 15.2 Å². The maximum atomic E-state index is 14.7. The van der Waals surface area contributed by atoms with Gasteiger partial charge in [-0.25, -0.2) is 13.6 Å². The Hall–Kier alpha value is -4.29. The fourth-order valence-corrected chi connectivity index (χ4v) is 7.14. The van der Waals surface area contributed by atoms with Crippen LogP contribution in [0.1, 0.15) is 51.4 Å². The van der Waals surface area contributed by atoms with Crippen molar-refractivity contribution in [3.05, 3.63) is 81.5 Å². The summed E-state index contributed by atoms with van der Waals surface area (Å²) in [6.07, 6.45) is 2.89. The molecule has 0 atom stereocenters. The third kappa shape index (κ3) is 6.46. The second kappa shape index (κ2) is 13.1. The molecule has 3 amide bonds. The van der Waals surface area contributed by atoms with Crippen LogP contribution in [0, 0.1) is 17.6 Å². The molecule has 4 aromatic rings. The van der Waals surface area contributed by atoms with Crippen LogP contribution in [-0.4, -0.2) is 52.6 Å². The number of nitrogens with zero attached hydrogens (tertiary/aromatic N) is 2. The largest absolute Gasteiger partial charge is 0.496 e. The third-order valence-electron chi connectivity index (χ3n) is 7.90. The minimum Gasteiger partial charge on any atom is -0.496 e. The van der Waals surface area contributed by atoms with E-state index in [0.717, 1.165) is 29.0 Å². The molecule has 2 aromatic carbocycles. The van der Waals surface area contributed by atoms with Crippen molar-refractivity contribution in [1.29, 1.82) is 0 Å². The smallest absolute Gasteiger partial charge is 0.404 e. The first kappa shape index (κ1) is 31.1. The number of benzene rings is 2. The number of primary amides is 1. The number of carboxylic acid groups (broad SMARTS) is 1. The van der Waals surface area contributed by atoms with E-state index in [1.165, 1.54) is 13.3 Å². The van der Waals surface area contributed by atoms with Gasteiger partial charge >= 0.3 is 6.09 Å². The molecule has 5 rings (SSSR count). The summed E-state index contributed by atoms with van der Waals surface area (Å²) in [7, 11) is 1.51. The van der Waals surface area contributed by atoms with Gasteiger partial charge in [-0.1, -0.05) is 17.7 Å². The summed E-state index contributed by atoms with van der Waals surface area (Å²) in [5, 5.41) is 11.2. The number of pyridine rings is 1. The molecule has 2 heterocycles. The second-order valence-corrected chi connectivity index (χ2v) is 12.0. The van der Waals surface area contributed by atoms with Gasteiger partial charge in [-0.15, -0.1) is 11.3 Å². The summed E-state index contributed by atoms with van der Waals surface area (Å²) in [5.74, 6) is -1.92. The van der Waals surface area contributed by atoms with Crippen molar-refractivity contribution >= 4 is 50.9 Å². The molecule has 1 saturated carbocycles. The zero-order chi connectivity index (χ0) is 31.5. The molecule has 2 aromatic heterocycles. The summed E-state index contributed by atoms with van der Waals surface area (Å²) < 4.78 is 34.9. The number of halogens is 3. The maximum absolute atomic E-state index is 14.7. The van der Waals surface area contributed by atoms with E-state index in [4.69, 9.17) is 27.2 Å². The number of methoxy groups -OCH3 is 1. The first-order valence-corrected chi connectivity index (χ1v) is 15.0. The Morgan fingerprint density at radius 1 is 1.09 bits per heavy atom. The van der Waals surface area contributed by atoms with Crippen LogP contribution in [0.4, 0.5) is 13.6 Å². The predicted octanol–water partition coefficient (Wildman–Crippen LogP) is 6.47. The van der Waals surface area contributed by atoms with Crippen LogP contribution < -0.4 is 15.8 Å². The van der Waals surface area contributed by atoms with Crippen molar-refractivity contribution in [2.45, 2.75) is 38.3 Å². The lowest BCUT2D eigenvalue weighted by atomic mass is 9.85. The van der Waals surface area contributed by atoms with Gasteiger partial charge in [0.15, 0.2) is 0 Å². The molecule has 230 valence electrons.